The van der Waals surface area contributed by atoms with Gasteiger partial charge in [-0.25, -0.2) is 9.50 Å². The van der Waals surface area contributed by atoms with Crippen LogP contribution in [0.25, 0.3) is 5.65 Å². The SMILES string of the molecule is CC(C)(C)OC(CSc1ccc2nccn2n1)NC=O. The van der Waals surface area contributed by atoms with E-state index in [2.05, 4.69) is 15.4 Å². The number of fused-ring (bicyclic) bond motifs is 1. The molecule has 7 heteroatoms. The first-order chi connectivity index (χ1) is 9.48. The van der Waals surface area contributed by atoms with Crippen LogP contribution < -0.4 is 5.32 Å². The zero-order valence-corrected chi connectivity index (χ0v) is 12.6. The van der Waals surface area contributed by atoms with E-state index >= 15 is 0 Å². The number of thioether (sulfide) groups is 1. The van der Waals surface area contributed by atoms with Crippen LogP contribution in [0.5, 0.6) is 0 Å². The normalized spacial score (nSPS) is 13.3. The fraction of sp³-hybridized carbons (Fsp3) is 0.462. The molecule has 0 aromatic carbocycles. The Hall–Kier alpha value is -1.60. The minimum absolute atomic E-state index is 0.317. The zero-order chi connectivity index (χ0) is 14.6. The van der Waals surface area contributed by atoms with Crippen LogP contribution in [0.4, 0.5) is 0 Å². The van der Waals surface area contributed by atoms with E-state index in [4.69, 9.17) is 4.74 Å². The molecule has 0 saturated heterocycles. The lowest BCUT2D eigenvalue weighted by Crippen LogP contribution is -2.39. The van der Waals surface area contributed by atoms with Crippen molar-refractivity contribution in [3.8, 4) is 0 Å². The Kier molecular flexibility index (Phi) is 4.61. The molecule has 0 fully saturated rings. The molecule has 0 aliphatic rings. The molecule has 1 atom stereocenters. The second-order valence-corrected chi connectivity index (χ2v) is 6.26. The quantitative estimate of drug-likeness (QED) is 0.499. The molecule has 0 spiro atoms. The van der Waals surface area contributed by atoms with E-state index in [9.17, 15) is 4.79 Å². The molecule has 2 heterocycles. The van der Waals surface area contributed by atoms with E-state index < -0.39 is 0 Å². The Labute approximate surface area is 121 Å². The van der Waals surface area contributed by atoms with Gasteiger partial charge in [-0.15, -0.1) is 0 Å². The van der Waals surface area contributed by atoms with Gasteiger partial charge in [0, 0.05) is 18.1 Å². The second kappa shape index (κ2) is 6.23. The Morgan fingerprint density at radius 1 is 1.50 bits per heavy atom. The smallest absolute Gasteiger partial charge is 0.209 e. The summed E-state index contributed by atoms with van der Waals surface area (Å²) in [6.45, 7) is 5.85. The van der Waals surface area contributed by atoms with Crippen LogP contribution in [0.15, 0.2) is 29.6 Å². The summed E-state index contributed by atoms with van der Waals surface area (Å²) in [6, 6.07) is 3.81. The van der Waals surface area contributed by atoms with Crippen molar-refractivity contribution in [2.24, 2.45) is 0 Å². The van der Waals surface area contributed by atoms with E-state index in [1.807, 2.05) is 32.9 Å². The third kappa shape index (κ3) is 4.21. The van der Waals surface area contributed by atoms with Crippen LogP contribution in [-0.2, 0) is 9.53 Å². The van der Waals surface area contributed by atoms with Crippen molar-refractivity contribution < 1.29 is 9.53 Å². The molecule has 0 radical (unpaired) electrons. The average Bonchev–Trinajstić information content (AvgIpc) is 2.81. The number of carbonyl (C=O) groups is 1. The zero-order valence-electron chi connectivity index (χ0n) is 11.7. The van der Waals surface area contributed by atoms with Crippen LogP contribution in [0.2, 0.25) is 0 Å². The Bertz CT molecular complexity index is 579. The van der Waals surface area contributed by atoms with Crippen LogP contribution in [0, 0.1) is 0 Å². The number of hydrogen-bond donors (Lipinski definition) is 1. The molecule has 20 heavy (non-hydrogen) atoms. The van der Waals surface area contributed by atoms with Gasteiger partial charge in [-0.3, -0.25) is 4.79 Å². The van der Waals surface area contributed by atoms with Crippen molar-refractivity contribution in [1.82, 2.24) is 19.9 Å². The van der Waals surface area contributed by atoms with E-state index in [0.717, 1.165) is 10.7 Å². The summed E-state index contributed by atoms with van der Waals surface area (Å²) in [4.78, 5) is 14.8. The van der Waals surface area contributed by atoms with Gasteiger partial charge in [0.2, 0.25) is 6.41 Å². The number of imidazole rings is 1. The van der Waals surface area contributed by atoms with Gasteiger partial charge in [0.25, 0.3) is 0 Å². The summed E-state index contributed by atoms with van der Waals surface area (Å²) in [7, 11) is 0. The van der Waals surface area contributed by atoms with Gasteiger partial charge < -0.3 is 10.1 Å². The van der Waals surface area contributed by atoms with Gasteiger partial charge in [-0.2, -0.15) is 5.10 Å². The molecule has 6 nitrogen and oxygen atoms in total. The lowest BCUT2D eigenvalue weighted by molar-refractivity contribution is -0.117. The van der Waals surface area contributed by atoms with Crippen LogP contribution in [0.3, 0.4) is 0 Å². The minimum Gasteiger partial charge on any atom is -0.352 e. The molecule has 2 rings (SSSR count). The number of amides is 1. The van der Waals surface area contributed by atoms with E-state index in [0.29, 0.717) is 12.2 Å². The van der Waals surface area contributed by atoms with Gasteiger partial charge in [-0.05, 0) is 32.9 Å². The molecule has 108 valence electrons. The highest BCUT2D eigenvalue weighted by Crippen LogP contribution is 2.19. The van der Waals surface area contributed by atoms with Crippen molar-refractivity contribution in [1.29, 1.82) is 0 Å². The Balaban J connectivity index is 1.98. The lowest BCUT2D eigenvalue weighted by atomic mass is 10.2. The number of hydrogen-bond acceptors (Lipinski definition) is 5. The third-order valence-electron chi connectivity index (χ3n) is 2.36. The van der Waals surface area contributed by atoms with Crippen LogP contribution >= 0.6 is 11.8 Å². The van der Waals surface area contributed by atoms with Gasteiger partial charge >= 0.3 is 0 Å². The highest BCUT2D eigenvalue weighted by Gasteiger charge is 2.18. The van der Waals surface area contributed by atoms with Crippen LogP contribution in [-0.4, -0.2) is 38.6 Å². The largest absolute Gasteiger partial charge is 0.352 e. The highest BCUT2D eigenvalue weighted by atomic mass is 32.2. The Morgan fingerprint density at radius 3 is 3.00 bits per heavy atom. The summed E-state index contributed by atoms with van der Waals surface area (Å²) in [6.07, 6.45) is 3.81. The predicted molar refractivity (Wildman–Crippen MR) is 77.5 cm³/mol. The molecule has 1 amide bonds. The highest BCUT2D eigenvalue weighted by molar-refractivity contribution is 7.99. The number of nitrogens with zero attached hydrogens (tertiary/aromatic N) is 3. The van der Waals surface area contributed by atoms with Crippen molar-refractivity contribution in [3.05, 3.63) is 24.5 Å². The van der Waals surface area contributed by atoms with E-state index in [-0.39, 0.29) is 11.8 Å². The molecule has 0 saturated carbocycles. The van der Waals surface area contributed by atoms with Gasteiger partial charge in [-0.1, -0.05) is 11.8 Å². The fourth-order valence-corrected chi connectivity index (χ4v) is 2.45. The second-order valence-electron chi connectivity index (χ2n) is 5.22. The molecule has 2 aromatic heterocycles. The number of carbonyl (C=O) groups excluding carboxylic acids is 1. The minimum atomic E-state index is -0.349. The van der Waals surface area contributed by atoms with Crippen molar-refractivity contribution in [3.63, 3.8) is 0 Å². The van der Waals surface area contributed by atoms with Gasteiger partial charge in [0.15, 0.2) is 5.65 Å². The third-order valence-corrected chi connectivity index (χ3v) is 3.35. The fourth-order valence-electron chi connectivity index (χ4n) is 1.65. The van der Waals surface area contributed by atoms with E-state index in [1.54, 1.807) is 16.9 Å². The summed E-state index contributed by atoms with van der Waals surface area (Å²) >= 11 is 1.52. The van der Waals surface area contributed by atoms with Gasteiger partial charge in [0.1, 0.15) is 11.3 Å². The summed E-state index contributed by atoms with van der Waals surface area (Å²) in [5.41, 5.74) is 0.492. The standard InChI is InChI=1S/C13H18N4O2S/c1-13(2,3)19-11(15-9-18)8-20-12-5-4-10-14-6-7-17(10)16-12/h4-7,9,11H,8H2,1-3H3,(H,15,18). The van der Waals surface area contributed by atoms with Crippen molar-refractivity contribution in [2.75, 3.05) is 5.75 Å². The molecule has 0 bridgehead atoms. The summed E-state index contributed by atoms with van der Waals surface area (Å²) in [5, 5.41) is 7.93. The van der Waals surface area contributed by atoms with Crippen molar-refractivity contribution >= 4 is 23.8 Å². The molecule has 1 unspecified atom stereocenters. The first-order valence-corrected chi connectivity index (χ1v) is 7.27. The van der Waals surface area contributed by atoms with Gasteiger partial charge in [0.05, 0.1) is 5.60 Å². The summed E-state index contributed by atoms with van der Waals surface area (Å²) in [5.74, 6) is 0.587. The molecule has 0 aliphatic carbocycles. The molecular formula is C13H18N4O2S. The average molecular weight is 294 g/mol. The maximum atomic E-state index is 10.6. The number of nitrogens with one attached hydrogen (secondary N) is 1. The maximum absolute atomic E-state index is 10.6. The monoisotopic (exact) mass is 294 g/mol. The maximum Gasteiger partial charge on any atom is 0.209 e. The number of rotatable bonds is 6. The topological polar surface area (TPSA) is 68.5 Å². The molecular weight excluding hydrogens is 276 g/mol. The van der Waals surface area contributed by atoms with Crippen molar-refractivity contribution in [2.45, 2.75) is 37.6 Å². The van der Waals surface area contributed by atoms with Crippen LogP contribution in [0.1, 0.15) is 20.8 Å². The number of aromatic nitrogens is 3. The predicted octanol–water partition coefficient (Wildman–Crippen LogP) is 1.71. The Morgan fingerprint density at radius 2 is 2.30 bits per heavy atom. The lowest BCUT2D eigenvalue weighted by Gasteiger charge is -2.26. The van der Waals surface area contributed by atoms with E-state index in [1.165, 1.54) is 11.8 Å². The molecule has 2 aromatic rings. The summed E-state index contributed by atoms with van der Waals surface area (Å²) < 4.78 is 7.48. The first-order valence-electron chi connectivity index (χ1n) is 6.29. The first kappa shape index (κ1) is 14.8. The molecule has 1 N–H and O–H groups in total. The number of ether oxygens (including phenoxy) is 1. The molecule has 0 aliphatic heterocycles.